The zero-order valence-electron chi connectivity index (χ0n) is 18.0. The van der Waals surface area contributed by atoms with E-state index in [0.29, 0.717) is 24.8 Å². The van der Waals surface area contributed by atoms with E-state index in [1.54, 1.807) is 19.1 Å². The highest BCUT2D eigenvalue weighted by Crippen LogP contribution is 2.36. The van der Waals surface area contributed by atoms with E-state index in [9.17, 15) is 21.6 Å². The van der Waals surface area contributed by atoms with Gasteiger partial charge in [-0.3, -0.25) is 4.72 Å². The maximum atomic E-state index is 13.6. The molecule has 9 heteroatoms. The van der Waals surface area contributed by atoms with Crippen molar-refractivity contribution >= 4 is 21.4 Å². The van der Waals surface area contributed by atoms with Crippen molar-refractivity contribution in [2.24, 2.45) is 0 Å². The van der Waals surface area contributed by atoms with Crippen LogP contribution in [-0.4, -0.2) is 45.5 Å². The second-order valence-electron chi connectivity index (χ2n) is 8.65. The molecule has 0 amide bonds. The first kappa shape index (κ1) is 22.9. The van der Waals surface area contributed by atoms with Gasteiger partial charge in [-0.25, -0.2) is 8.42 Å². The summed E-state index contributed by atoms with van der Waals surface area (Å²) in [5.74, 6) is 0. The number of hydrogen-bond acceptors (Lipinski definition) is 4. The minimum Gasteiger partial charge on any atom is -0.371 e. The Kier molecular flexibility index (Phi) is 6.40. The monoisotopic (exact) mass is 467 g/mol. The number of nitrogens with one attached hydrogen (secondary N) is 1. The lowest BCUT2D eigenvalue weighted by atomic mass is 10.0. The van der Waals surface area contributed by atoms with E-state index < -0.39 is 21.8 Å². The van der Waals surface area contributed by atoms with Gasteiger partial charge in [0.15, 0.2) is 0 Å². The fourth-order valence-corrected chi connectivity index (χ4v) is 5.75. The number of aryl methyl sites for hydroxylation is 1. The lowest BCUT2D eigenvalue weighted by molar-refractivity contribution is -0.137. The molecule has 32 heavy (non-hydrogen) atoms. The maximum Gasteiger partial charge on any atom is 0.416 e. The highest BCUT2D eigenvalue weighted by atomic mass is 32.2. The first-order valence-electron chi connectivity index (χ1n) is 10.9. The molecule has 0 unspecified atom stereocenters. The predicted molar refractivity (Wildman–Crippen MR) is 119 cm³/mol. The fraction of sp³-hybridized carbons (Fsp3) is 0.478. The molecular weight excluding hydrogens is 439 g/mol. The molecule has 2 heterocycles. The minimum atomic E-state index is -4.58. The summed E-state index contributed by atoms with van der Waals surface area (Å²) in [7, 11) is -4.01. The van der Waals surface area contributed by atoms with Crippen molar-refractivity contribution in [2.75, 3.05) is 35.8 Å². The molecule has 2 aromatic carbocycles. The summed E-state index contributed by atoms with van der Waals surface area (Å²) < 4.78 is 68.7. The topological polar surface area (TPSA) is 52.7 Å². The molecule has 5 nitrogen and oxygen atoms in total. The lowest BCUT2D eigenvalue weighted by Gasteiger charge is -2.38. The number of sulfonamides is 1. The van der Waals surface area contributed by atoms with Gasteiger partial charge in [-0.2, -0.15) is 13.2 Å². The standard InChI is InChI=1S/C23H28F3N3O2S/c1-17-5-4-6-22(13-17)32(30,31)27-19-14-18(23(24,25)26)15-21(16-19)29-11-7-20(8-12-29)28-9-2-3-10-28/h4-6,13-16,20,27H,2-3,7-12H2,1H3. The normalized spacial score (nSPS) is 18.8. The lowest BCUT2D eigenvalue weighted by Crippen LogP contribution is -2.43. The summed E-state index contributed by atoms with van der Waals surface area (Å²) >= 11 is 0. The molecule has 0 aliphatic carbocycles. The molecule has 174 valence electrons. The average Bonchev–Trinajstić information content (AvgIpc) is 3.28. The first-order valence-corrected chi connectivity index (χ1v) is 12.4. The third-order valence-electron chi connectivity index (χ3n) is 6.28. The average molecular weight is 468 g/mol. The van der Waals surface area contributed by atoms with Crippen LogP contribution >= 0.6 is 0 Å². The van der Waals surface area contributed by atoms with E-state index in [1.807, 2.05) is 4.90 Å². The molecule has 1 N–H and O–H groups in total. The summed E-state index contributed by atoms with van der Waals surface area (Å²) in [4.78, 5) is 4.42. The predicted octanol–water partition coefficient (Wildman–Crippen LogP) is 4.88. The summed E-state index contributed by atoms with van der Waals surface area (Å²) in [6.07, 6.45) is -0.384. The minimum absolute atomic E-state index is 0.0166. The molecule has 2 aromatic rings. The van der Waals surface area contributed by atoms with Gasteiger partial charge in [-0.05, 0) is 81.6 Å². The third-order valence-corrected chi connectivity index (χ3v) is 7.66. The van der Waals surface area contributed by atoms with Gasteiger partial charge < -0.3 is 9.80 Å². The smallest absolute Gasteiger partial charge is 0.371 e. The zero-order chi connectivity index (χ0) is 22.9. The number of nitrogens with zero attached hydrogens (tertiary/aromatic N) is 2. The van der Waals surface area contributed by atoms with Gasteiger partial charge in [0.05, 0.1) is 16.1 Å². The zero-order valence-corrected chi connectivity index (χ0v) is 18.8. The van der Waals surface area contributed by atoms with Crippen LogP contribution in [0.15, 0.2) is 47.4 Å². The van der Waals surface area contributed by atoms with E-state index >= 15 is 0 Å². The van der Waals surface area contributed by atoms with Gasteiger partial charge >= 0.3 is 6.18 Å². The molecule has 0 saturated carbocycles. The molecule has 2 aliphatic heterocycles. The van der Waals surface area contributed by atoms with Crippen LogP contribution in [-0.2, 0) is 16.2 Å². The van der Waals surface area contributed by atoms with Crippen LogP contribution in [0.1, 0.15) is 36.8 Å². The summed E-state index contributed by atoms with van der Waals surface area (Å²) in [5, 5.41) is 0. The molecule has 2 saturated heterocycles. The Morgan fingerprint density at radius 1 is 0.969 bits per heavy atom. The van der Waals surface area contributed by atoms with Gasteiger partial charge in [0.2, 0.25) is 0 Å². The summed E-state index contributed by atoms with van der Waals surface area (Å²) in [6.45, 7) is 5.24. The van der Waals surface area contributed by atoms with Crippen molar-refractivity contribution in [3.63, 3.8) is 0 Å². The highest BCUT2D eigenvalue weighted by Gasteiger charge is 2.33. The van der Waals surface area contributed by atoms with E-state index in [4.69, 9.17) is 0 Å². The van der Waals surface area contributed by atoms with E-state index in [2.05, 4.69) is 9.62 Å². The molecule has 0 aromatic heterocycles. The van der Waals surface area contributed by atoms with Crippen molar-refractivity contribution in [1.29, 1.82) is 0 Å². The SMILES string of the molecule is Cc1cccc(S(=O)(=O)Nc2cc(N3CCC(N4CCCC4)CC3)cc(C(F)(F)F)c2)c1. The van der Waals surface area contributed by atoms with Gasteiger partial charge in [-0.1, -0.05) is 12.1 Å². The molecule has 0 atom stereocenters. The van der Waals surface area contributed by atoms with Gasteiger partial charge in [0.1, 0.15) is 0 Å². The van der Waals surface area contributed by atoms with E-state index in [-0.39, 0.29) is 10.6 Å². The first-order chi connectivity index (χ1) is 15.1. The van der Waals surface area contributed by atoms with Crippen LogP contribution in [0.5, 0.6) is 0 Å². The summed E-state index contributed by atoms with van der Waals surface area (Å²) in [5.41, 5.74) is 0.191. The molecule has 2 aliphatic rings. The quantitative estimate of drug-likeness (QED) is 0.681. The van der Waals surface area contributed by atoms with Gasteiger partial charge in [0.25, 0.3) is 10.0 Å². The Morgan fingerprint density at radius 2 is 1.66 bits per heavy atom. The second kappa shape index (κ2) is 8.94. The number of anilines is 2. The van der Waals surface area contributed by atoms with Crippen LogP contribution in [0.2, 0.25) is 0 Å². The number of halogens is 3. The Labute approximate surface area is 187 Å². The van der Waals surface area contributed by atoms with E-state index in [1.165, 1.54) is 31.0 Å². The summed E-state index contributed by atoms with van der Waals surface area (Å²) in [6, 6.07) is 10.2. The molecule has 0 spiro atoms. The Bertz CT molecular complexity index is 1060. The van der Waals surface area contributed by atoms with Crippen molar-refractivity contribution in [3.8, 4) is 0 Å². The maximum absolute atomic E-state index is 13.6. The number of benzene rings is 2. The number of piperidine rings is 1. The van der Waals surface area contributed by atoms with Crippen molar-refractivity contribution in [2.45, 2.75) is 49.7 Å². The van der Waals surface area contributed by atoms with Gasteiger partial charge in [0, 0.05) is 24.8 Å². The molecule has 2 fully saturated rings. The van der Waals surface area contributed by atoms with Crippen molar-refractivity contribution in [1.82, 2.24) is 4.90 Å². The molecule has 0 radical (unpaired) electrons. The van der Waals surface area contributed by atoms with E-state index in [0.717, 1.165) is 43.6 Å². The van der Waals surface area contributed by atoms with Crippen LogP contribution in [0.25, 0.3) is 0 Å². The Hall–Kier alpha value is -2.26. The number of rotatable bonds is 5. The van der Waals surface area contributed by atoms with Gasteiger partial charge in [-0.15, -0.1) is 0 Å². The third kappa shape index (κ3) is 5.20. The van der Waals surface area contributed by atoms with Crippen LogP contribution in [0.4, 0.5) is 24.5 Å². The van der Waals surface area contributed by atoms with Crippen LogP contribution in [0.3, 0.4) is 0 Å². The molecular formula is C23H28F3N3O2S. The van der Waals surface area contributed by atoms with Crippen molar-refractivity contribution < 1.29 is 21.6 Å². The van der Waals surface area contributed by atoms with Crippen molar-refractivity contribution in [3.05, 3.63) is 53.6 Å². The Morgan fingerprint density at radius 3 is 2.28 bits per heavy atom. The van der Waals surface area contributed by atoms with Crippen LogP contribution in [0, 0.1) is 6.92 Å². The highest BCUT2D eigenvalue weighted by molar-refractivity contribution is 7.92. The number of hydrogen-bond donors (Lipinski definition) is 1. The Balaban J connectivity index is 1.58. The number of likely N-dealkylation sites (tertiary alicyclic amines) is 1. The van der Waals surface area contributed by atoms with Crippen LogP contribution < -0.4 is 9.62 Å². The largest absolute Gasteiger partial charge is 0.416 e. The number of alkyl halides is 3. The molecule has 0 bridgehead atoms. The molecule has 4 rings (SSSR count). The second-order valence-corrected chi connectivity index (χ2v) is 10.3. The fourth-order valence-electron chi connectivity index (χ4n) is 4.61.